The fourth-order valence-electron chi connectivity index (χ4n) is 6.68. The van der Waals surface area contributed by atoms with Crippen LogP contribution in [-0.2, 0) is 24.4 Å². The second-order valence-electron chi connectivity index (χ2n) is 12.6. The first kappa shape index (κ1) is 29.8. The fourth-order valence-corrected chi connectivity index (χ4v) is 6.79. The monoisotopic (exact) mass is 607 g/mol. The molecule has 1 fully saturated rings. The molecule has 2 aromatic carbocycles. The van der Waals surface area contributed by atoms with Crippen molar-refractivity contribution in [1.29, 1.82) is 0 Å². The summed E-state index contributed by atoms with van der Waals surface area (Å²) in [6.07, 6.45) is 8.34. The number of allylic oxidation sites excluding steroid dienone is 1. The summed E-state index contributed by atoms with van der Waals surface area (Å²) in [5, 5.41) is 5.01. The summed E-state index contributed by atoms with van der Waals surface area (Å²) in [6, 6.07) is 15.8. The van der Waals surface area contributed by atoms with Gasteiger partial charge in [0.1, 0.15) is 5.82 Å². The van der Waals surface area contributed by atoms with E-state index in [1.165, 1.54) is 23.8 Å². The highest BCUT2D eigenvalue weighted by Crippen LogP contribution is 2.44. The van der Waals surface area contributed by atoms with Crippen LogP contribution in [0.2, 0.25) is 5.02 Å². The number of aryl methyl sites for hydroxylation is 2. The zero-order chi connectivity index (χ0) is 31.3. The maximum Gasteiger partial charge on any atom is 0.252 e. The van der Waals surface area contributed by atoms with Crippen molar-refractivity contribution < 1.29 is 9.59 Å². The third-order valence-electron chi connectivity index (χ3n) is 9.06. The molecule has 0 aliphatic heterocycles. The van der Waals surface area contributed by atoms with E-state index in [-0.39, 0.29) is 11.7 Å². The summed E-state index contributed by atoms with van der Waals surface area (Å²) in [7, 11) is 4.01. The maximum absolute atomic E-state index is 13.8. The molecule has 0 radical (unpaired) electrons. The molecule has 6 rings (SSSR count). The van der Waals surface area contributed by atoms with E-state index in [2.05, 4.69) is 28.0 Å². The Bertz CT molecular complexity index is 1960. The van der Waals surface area contributed by atoms with Crippen LogP contribution >= 0.6 is 11.6 Å². The molecule has 1 saturated carbocycles. The van der Waals surface area contributed by atoms with E-state index in [0.29, 0.717) is 22.1 Å². The van der Waals surface area contributed by atoms with Gasteiger partial charge in [-0.2, -0.15) is 0 Å². The van der Waals surface area contributed by atoms with Crippen molar-refractivity contribution in [3.63, 3.8) is 0 Å². The van der Waals surface area contributed by atoms with Crippen molar-refractivity contribution in [2.24, 2.45) is 14.1 Å². The number of imidazole rings is 1. The molecule has 3 aromatic heterocycles. The van der Waals surface area contributed by atoms with Crippen molar-refractivity contribution >= 4 is 51.3 Å². The van der Waals surface area contributed by atoms with Crippen LogP contribution in [0.4, 0.5) is 0 Å². The number of carbonyl (C=O) groups excluding carboxylic acids is 2. The van der Waals surface area contributed by atoms with Crippen LogP contribution in [0.25, 0.3) is 39.4 Å². The smallest absolute Gasteiger partial charge is 0.252 e. The number of Topliss-reactive ketones (excluding diaryl/α,β-unsaturated/α-hetero) is 1. The molecular weight excluding hydrogens is 570 g/mol. The summed E-state index contributed by atoms with van der Waals surface area (Å²) in [5.41, 5.74) is 7.52. The molecule has 226 valence electrons. The molecule has 1 aliphatic rings. The second kappa shape index (κ2) is 11.4. The van der Waals surface area contributed by atoms with Crippen molar-refractivity contribution in [1.82, 2.24) is 24.4 Å². The quantitative estimate of drug-likeness (QED) is 0.190. The molecule has 7 nitrogen and oxygen atoms in total. The summed E-state index contributed by atoms with van der Waals surface area (Å²) >= 11 is 6.17. The molecule has 0 bridgehead atoms. The minimum atomic E-state index is -0.757. The van der Waals surface area contributed by atoms with Crippen LogP contribution in [0.1, 0.15) is 86.6 Å². The van der Waals surface area contributed by atoms with Crippen LogP contribution in [-0.4, -0.2) is 30.8 Å². The topological polar surface area (TPSA) is 81.8 Å². The average molecular weight is 608 g/mol. The van der Waals surface area contributed by atoms with Gasteiger partial charge < -0.3 is 14.5 Å². The van der Waals surface area contributed by atoms with Gasteiger partial charge in [-0.05, 0) is 106 Å². The average Bonchev–Trinajstić information content (AvgIpc) is 3.70. The van der Waals surface area contributed by atoms with Crippen LogP contribution in [0.3, 0.4) is 0 Å². The lowest BCUT2D eigenvalue weighted by Crippen LogP contribution is -2.42. The third-order valence-corrected chi connectivity index (χ3v) is 9.29. The minimum Gasteiger partial charge on any atom is -0.342 e. The molecule has 0 spiro atoms. The van der Waals surface area contributed by atoms with E-state index in [9.17, 15) is 9.59 Å². The standard InChI is InChI=1S/C36H38ClN5O2/c1-21(22(2)43)17-23-11-15-28-31(18-23)42(6)35(39-28)36(3,4)40-34(44)25-12-14-27-30(19-25)41(5)33(29-16-13-26(37)20-38-29)32(27)24-9-7-8-10-24/h11-20,24H,7-10H2,1-6H3,(H,40,44)/b21-17+. The highest BCUT2D eigenvalue weighted by molar-refractivity contribution is 6.30. The van der Waals surface area contributed by atoms with E-state index < -0.39 is 5.54 Å². The van der Waals surface area contributed by atoms with Gasteiger partial charge in [-0.15, -0.1) is 0 Å². The van der Waals surface area contributed by atoms with Crippen molar-refractivity contribution in [2.75, 3.05) is 0 Å². The third kappa shape index (κ3) is 5.34. The minimum absolute atomic E-state index is 0.0424. The van der Waals surface area contributed by atoms with Gasteiger partial charge >= 0.3 is 0 Å². The summed E-state index contributed by atoms with van der Waals surface area (Å²) in [6.45, 7) is 7.32. The highest BCUT2D eigenvalue weighted by Gasteiger charge is 2.31. The van der Waals surface area contributed by atoms with Gasteiger partial charge in [0.2, 0.25) is 0 Å². The zero-order valence-corrected chi connectivity index (χ0v) is 26.9. The number of carbonyl (C=O) groups is 2. The number of amides is 1. The molecule has 1 amide bonds. The lowest BCUT2D eigenvalue weighted by atomic mass is 9.93. The van der Waals surface area contributed by atoms with Crippen LogP contribution < -0.4 is 5.32 Å². The number of nitrogens with one attached hydrogen (secondary N) is 1. The van der Waals surface area contributed by atoms with Gasteiger partial charge in [0, 0.05) is 36.8 Å². The number of fused-ring (bicyclic) bond motifs is 2. The molecule has 5 aromatic rings. The van der Waals surface area contributed by atoms with E-state index in [1.807, 2.05) is 80.9 Å². The summed E-state index contributed by atoms with van der Waals surface area (Å²) in [5.74, 6) is 1.08. The largest absolute Gasteiger partial charge is 0.342 e. The first-order valence-electron chi connectivity index (χ1n) is 15.2. The first-order valence-corrected chi connectivity index (χ1v) is 15.6. The lowest BCUT2D eigenvalue weighted by Gasteiger charge is -2.26. The van der Waals surface area contributed by atoms with E-state index in [1.54, 1.807) is 13.1 Å². The molecule has 8 heteroatoms. The van der Waals surface area contributed by atoms with Gasteiger partial charge in [-0.1, -0.05) is 36.6 Å². The Kier molecular flexibility index (Phi) is 7.70. The maximum atomic E-state index is 13.8. The van der Waals surface area contributed by atoms with Gasteiger partial charge in [0.15, 0.2) is 5.78 Å². The molecule has 3 heterocycles. The Balaban J connectivity index is 1.35. The van der Waals surface area contributed by atoms with Gasteiger partial charge in [-0.25, -0.2) is 4.98 Å². The fraction of sp³-hybridized carbons (Fsp3) is 0.333. The van der Waals surface area contributed by atoms with Crippen molar-refractivity contribution in [3.05, 3.63) is 87.8 Å². The van der Waals surface area contributed by atoms with Gasteiger partial charge in [0.25, 0.3) is 5.91 Å². The molecule has 1 N–H and O–H groups in total. The molecule has 1 aliphatic carbocycles. The Morgan fingerprint density at radius 3 is 2.41 bits per heavy atom. The number of hydrogen-bond donors (Lipinski definition) is 1. The molecule has 0 unspecified atom stereocenters. The van der Waals surface area contributed by atoms with Crippen LogP contribution in [0.5, 0.6) is 0 Å². The van der Waals surface area contributed by atoms with E-state index in [0.717, 1.165) is 52.2 Å². The molecule has 0 saturated heterocycles. The number of hydrogen-bond acceptors (Lipinski definition) is 4. The van der Waals surface area contributed by atoms with E-state index in [4.69, 9.17) is 16.6 Å². The number of pyridine rings is 1. The van der Waals surface area contributed by atoms with Crippen molar-refractivity contribution in [3.8, 4) is 11.4 Å². The van der Waals surface area contributed by atoms with Gasteiger partial charge in [-0.3, -0.25) is 14.6 Å². The number of benzene rings is 2. The Morgan fingerprint density at radius 1 is 0.977 bits per heavy atom. The lowest BCUT2D eigenvalue weighted by molar-refractivity contribution is -0.113. The number of aromatic nitrogens is 4. The second-order valence-corrected chi connectivity index (χ2v) is 13.0. The Hall–Kier alpha value is -4.23. The Labute approximate surface area is 263 Å². The van der Waals surface area contributed by atoms with Crippen LogP contribution in [0.15, 0.2) is 60.3 Å². The first-order chi connectivity index (χ1) is 20.9. The number of ketones is 1. The number of nitrogens with zero attached hydrogens (tertiary/aromatic N) is 4. The SMILES string of the molecule is CC(=O)/C(C)=C/c1ccc2nc(C(C)(C)NC(=O)c3ccc4c(C5CCCC5)c(-c5ccc(Cl)cn5)n(C)c4c3)n(C)c2c1. The predicted molar refractivity (Wildman–Crippen MR) is 178 cm³/mol. The molecule has 0 atom stereocenters. The molecular formula is C36H38ClN5O2. The number of rotatable bonds is 7. The Morgan fingerprint density at radius 2 is 1.73 bits per heavy atom. The van der Waals surface area contributed by atoms with Crippen molar-refractivity contribution in [2.45, 2.75) is 64.8 Å². The predicted octanol–water partition coefficient (Wildman–Crippen LogP) is 8.10. The summed E-state index contributed by atoms with van der Waals surface area (Å²) in [4.78, 5) is 35.1. The zero-order valence-electron chi connectivity index (χ0n) is 26.2. The van der Waals surface area contributed by atoms with Crippen LogP contribution in [0, 0.1) is 0 Å². The van der Waals surface area contributed by atoms with Gasteiger partial charge in [0.05, 0.1) is 33.0 Å². The molecule has 44 heavy (non-hydrogen) atoms. The normalized spacial score (nSPS) is 14.6. The summed E-state index contributed by atoms with van der Waals surface area (Å²) < 4.78 is 4.18. The highest BCUT2D eigenvalue weighted by atomic mass is 35.5. The number of halogens is 1. The van der Waals surface area contributed by atoms with E-state index >= 15 is 0 Å².